The van der Waals surface area contributed by atoms with Gasteiger partial charge in [-0.15, -0.1) is 0 Å². The molecule has 1 heterocycles. The van der Waals surface area contributed by atoms with E-state index in [1.165, 1.54) is 0 Å². The molecule has 0 saturated heterocycles. The van der Waals surface area contributed by atoms with Crippen LogP contribution in [-0.2, 0) is 0 Å². The number of hydrogen-bond acceptors (Lipinski definition) is 6. The van der Waals surface area contributed by atoms with E-state index in [-0.39, 0.29) is 0 Å². The molecular weight excluding hydrogens is 242 g/mol. The number of anilines is 2. The van der Waals surface area contributed by atoms with Crippen molar-refractivity contribution in [3.05, 3.63) is 0 Å². The Kier molecular flexibility index (Phi) is 6.92. The summed E-state index contributed by atoms with van der Waals surface area (Å²) in [4.78, 5) is 12.9. The highest BCUT2D eigenvalue weighted by Gasteiger charge is 2.10. The summed E-state index contributed by atoms with van der Waals surface area (Å²) in [6, 6.07) is 0.737. The Hall–Kier alpha value is -1.59. The van der Waals surface area contributed by atoms with Gasteiger partial charge in [-0.1, -0.05) is 20.8 Å². The average molecular weight is 267 g/mol. The molecule has 108 valence electrons. The zero-order chi connectivity index (χ0) is 14.1. The minimum atomic E-state index is 0.365. The molecule has 0 atom stereocenters. The Morgan fingerprint density at radius 3 is 2.26 bits per heavy atom. The van der Waals surface area contributed by atoms with Gasteiger partial charge in [0.15, 0.2) is 0 Å². The lowest BCUT2D eigenvalue weighted by Gasteiger charge is -2.15. The summed E-state index contributed by atoms with van der Waals surface area (Å²) < 4.78 is 5.37. The molecule has 0 fully saturated rings. The van der Waals surface area contributed by atoms with Gasteiger partial charge < -0.3 is 15.4 Å². The number of nitrogens with zero attached hydrogens (tertiary/aromatic N) is 3. The molecule has 0 unspecified atom stereocenters. The van der Waals surface area contributed by atoms with E-state index in [0.29, 0.717) is 30.6 Å². The minimum absolute atomic E-state index is 0.365. The molecule has 0 saturated carbocycles. The molecule has 0 spiro atoms. The normalized spacial score (nSPS) is 10.6. The Morgan fingerprint density at radius 2 is 1.68 bits per heavy atom. The lowest BCUT2D eigenvalue weighted by molar-refractivity contribution is 0.312. The van der Waals surface area contributed by atoms with Crippen molar-refractivity contribution in [2.24, 2.45) is 0 Å². The van der Waals surface area contributed by atoms with Crippen LogP contribution in [0.3, 0.4) is 0 Å². The number of hydrogen-bond donors (Lipinski definition) is 2. The summed E-state index contributed by atoms with van der Waals surface area (Å²) in [5.74, 6) is 1.14. The Morgan fingerprint density at radius 1 is 1.00 bits per heavy atom. The largest absolute Gasteiger partial charge is 0.464 e. The van der Waals surface area contributed by atoms with Crippen LogP contribution in [0.2, 0.25) is 0 Å². The zero-order valence-electron chi connectivity index (χ0n) is 12.4. The Bertz CT molecular complexity index is 368. The first-order valence-electron chi connectivity index (χ1n) is 7.12. The summed E-state index contributed by atoms with van der Waals surface area (Å²) in [7, 11) is 0. The standard InChI is InChI=1S/C13H25N5O/c1-5-9-14-11-16-12(15-10(6-2)7-3)18-13(17-11)19-8-4/h10H,5-9H2,1-4H3,(H2,14,15,16,17,18). The van der Waals surface area contributed by atoms with Crippen molar-refractivity contribution in [2.75, 3.05) is 23.8 Å². The van der Waals surface area contributed by atoms with Crippen LogP contribution in [0, 0.1) is 0 Å². The van der Waals surface area contributed by atoms with Crippen molar-refractivity contribution in [1.29, 1.82) is 0 Å². The van der Waals surface area contributed by atoms with Crippen molar-refractivity contribution in [1.82, 2.24) is 15.0 Å². The maximum absolute atomic E-state index is 5.37. The number of ether oxygens (including phenoxy) is 1. The van der Waals surface area contributed by atoms with Gasteiger partial charge in [0.25, 0.3) is 0 Å². The second-order valence-corrected chi connectivity index (χ2v) is 4.28. The number of nitrogens with one attached hydrogen (secondary N) is 2. The molecule has 0 radical (unpaired) electrons. The third kappa shape index (κ3) is 5.28. The van der Waals surface area contributed by atoms with Crippen LogP contribution in [-0.4, -0.2) is 34.1 Å². The molecule has 0 amide bonds. The third-order valence-electron chi connectivity index (χ3n) is 2.74. The van der Waals surface area contributed by atoms with Gasteiger partial charge in [-0.25, -0.2) is 0 Å². The molecule has 0 aromatic carbocycles. The fourth-order valence-corrected chi connectivity index (χ4v) is 1.61. The van der Waals surface area contributed by atoms with E-state index in [1.807, 2.05) is 6.92 Å². The molecule has 1 rings (SSSR count). The lowest BCUT2D eigenvalue weighted by atomic mass is 10.2. The van der Waals surface area contributed by atoms with Crippen molar-refractivity contribution in [3.8, 4) is 6.01 Å². The van der Waals surface area contributed by atoms with E-state index >= 15 is 0 Å². The number of aromatic nitrogens is 3. The lowest BCUT2D eigenvalue weighted by Crippen LogP contribution is -2.20. The smallest absolute Gasteiger partial charge is 0.323 e. The number of rotatable bonds is 9. The Labute approximate surface area is 115 Å². The van der Waals surface area contributed by atoms with E-state index in [2.05, 4.69) is 46.4 Å². The van der Waals surface area contributed by atoms with Gasteiger partial charge in [-0.2, -0.15) is 15.0 Å². The van der Waals surface area contributed by atoms with E-state index < -0.39 is 0 Å². The molecule has 1 aromatic rings. The predicted molar refractivity (Wildman–Crippen MR) is 77.8 cm³/mol. The van der Waals surface area contributed by atoms with Crippen molar-refractivity contribution in [3.63, 3.8) is 0 Å². The zero-order valence-corrected chi connectivity index (χ0v) is 12.4. The van der Waals surface area contributed by atoms with Crippen molar-refractivity contribution >= 4 is 11.9 Å². The van der Waals surface area contributed by atoms with Gasteiger partial charge in [-0.3, -0.25) is 0 Å². The highest BCUT2D eigenvalue weighted by molar-refractivity contribution is 5.36. The first-order valence-corrected chi connectivity index (χ1v) is 7.12. The van der Waals surface area contributed by atoms with E-state index in [4.69, 9.17) is 4.74 Å². The molecule has 1 aromatic heterocycles. The van der Waals surface area contributed by atoms with Crippen LogP contribution in [0.5, 0.6) is 6.01 Å². The molecule has 0 aliphatic heterocycles. The molecular formula is C13H25N5O. The highest BCUT2D eigenvalue weighted by atomic mass is 16.5. The molecule has 6 heteroatoms. The van der Waals surface area contributed by atoms with Gasteiger partial charge in [0.1, 0.15) is 0 Å². The maximum Gasteiger partial charge on any atom is 0.323 e. The van der Waals surface area contributed by atoms with Gasteiger partial charge in [-0.05, 0) is 26.2 Å². The molecule has 0 aliphatic carbocycles. The first-order chi connectivity index (χ1) is 9.23. The maximum atomic E-state index is 5.37. The van der Waals surface area contributed by atoms with Crippen LogP contribution in [0.25, 0.3) is 0 Å². The molecule has 0 bridgehead atoms. The predicted octanol–water partition coefficient (Wildman–Crippen LogP) is 2.69. The monoisotopic (exact) mass is 267 g/mol. The van der Waals surface area contributed by atoms with E-state index in [9.17, 15) is 0 Å². The van der Waals surface area contributed by atoms with Crippen molar-refractivity contribution < 1.29 is 4.74 Å². The molecule has 2 N–H and O–H groups in total. The van der Waals surface area contributed by atoms with Crippen LogP contribution in [0.15, 0.2) is 0 Å². The van der Waals surface area contributed by atoms with Gasteiger partial charge >= 0.3 is 6.01 Å². The first kappa shape index (κ1) is 15.5. The molecule has 0 aliphatic rings. The minimum Gasteiger partial charge on any atom is -0.464 e. The summed E-state index contributed by atoms with van der Waals surface area (Å²) in [5, 5.41) is 6.47. The molecule has 19 heavy (non-hydrogen) atoms. The van der Waals surface area contributed by atoms with Crippen LogP contribution in [0.4, 0.5) is 11.9 Å². The quantitative estimate of drug-likeness (QED) is 0.716. The van der Waals surface area contributed by atoms with Crippen molar-refractivity contribution in [2.45, 2.75) is 53.0 Å². The summed E-state index contributed by atoms with van der Waals surface area (Å²) in [6.45, 7) is 9.67. The van der Waals surface area contributed by atoms with Gasteiger partial charge in [0, 0.05) is 12.6 Å². The summed E-state index contributed by atoms with van der Waals surface area (Å²) in [6.07, 6.45) is 3.08. The van der Waals surface area contributed by atoms with Crippen LogP contribution < -0.4 is 15.4 Å². The van der Waals surface area contributed by atoms with Gasteiger partial charge in [0.2, 0.25) is 11.9 Å². The third-order valence-corrected chi connectivity index (χ3v) is 2.74. The highest BCUT2D eigenvalue weighted by Crippen LogP contribution is 2.13. The fraction of sp³-hybridized carbons (Fsp3) is 0.769. The summed E-state index contributed by atoms with van der Waals surface area (Å²) in [5.41, 5.74) is 0. The Balaban J connectivity index is 2.85. The summed E-state index contributed by atoms with van der Waals surface area (Å²) >= 11 is 0. The van der Waals surface area contributed by atoms with E-state index in [1.54, 1.807) is 0 Å². The van der Waals surface area contributed by atoms with Crippen LogP contribution >= 0.6 is 0 Å². The fourth-order valence-electron chi connectivity index (χ4n) is 1.61. The van der Waals surface area contributed by atoms with Crippen LogP contribution in [0.1, 0.15) is 47.0 Å². The second kappa shape index (κ2) is 8.50. The second-order valence-electron chi connectivity index (χ2n) is 4.28. The molecule has 6 nitrogen and oxygen atoms in total. The van der Waals surface area contributed by atoms with Gasteiger partial charge in [0.05, 0.1) is 6.61 Å². The van der Waals surface area contributed by atoms with E-state index in [0.717, 1.165) is 25.8 Å². The average Bonchev–Trinajstić information content (AvgIpc) is 2.42. The SMILES string of the molecule is CCCNc1nc(NC(CC)CC)nc(OCC)n1. The topological polar surface area (TPSA) is 72.0 Å².